The average molecular weight is 251 g/mol. The minimum Gasteiger partial charge on any atom is -0.497 e. The van der Waals surface area contributed by atoms with Gasteiger partial charge >= 0.3 is 0 Å². The molecule has 1 aromatic carbocycles. The molecule has 2 aromatic rings. The lowest BCUT2D eigenvalue weighted by Gasteiger charge is -2.06. The number of nitrogens with two attached hydrogens (primary N) is 1. The van der Waals surface area contributed by atoms with E-state index in [1.54, 1.807) is 7.11 Å². The summed E-state index contributed by atoms with van der Waals surface area (Å²) in [5, 5.41) is 9.80. The van der Waals surface area contributed by atoms with Gasteiger partial charge in [0.15, 0.2) is 5.82 Å². The van der Waals surface area contributed by atoms with Crippen LogP contribution in [0.4, 0.5) is 5.69 Å². The number of nitrogens with zero attached hydrogens (tertiary/aromatic N) is 2. The monoisotopic (exact) mass is 251 g/mol. The van der Waals surface area contributed by atoms with Gasteiger partial charge in [-0.3, -0.25) is 5.10 Å². The number of ether oxygens (including phenoxy) is 1. The van der Waals surface area contributed by atoms with Crippen molar-refractivity contribution in [1.29, 1.82) is 0 Å². The van der Waals surface area contributed by atoms with Crippen LogP contribution in [0.5, 0.6) is 5.75 Å². The molecule has 0 aliphatic carbocycles. The number of hydrogen-bond donors (Lipinski definition) is 3. The van der Waals surface area contributed by atoms with Crippen LogP contribution in [0.2, 0.25) is 0 Å². The summed E-state index contributed by atoms with van der Waals surface area (Å²) in [7, 11) is 1.63. The lowest BCUT2D eigenvalue weighted by molar-refractivity contribution is 0.415. The largest absolute Gasteiger partial charge is 0.497 e. The van der Waals surface area contributed by atoms with Gasteiger partial charge < -0.3 is 15.9 Å². The molecule has 0 aliphatic heterocycles. The van der Waals surface area contributed by atoms with Gasteiger partial charge in [0.1, 0.15) is 5.75 Å². The van der Waals surface area contributed by atoms with Crippen LogP contribution >= 0.6 is 12.2 Å². The Balaban J connectivity index is 2.02. The van der Waals surface area contributed by atoms with E-state index in [0.717, 1.165) is 11.4 Å². The van der Waals surface area contributed by atoms with Crippen molar-refractivity contribution in [2.75, 3.05) is 18.3 Å². The molecule has 0 bridgehead atoms. The number of hydrogen-bond acceptors (Lipinski definition) is 5. The molecule has 0 aliphatic rings. The Morgan fingerprint density at radius 3 is 2.71 bits per heavy atom. The Morgan fingerprint density at radius 1 is 1.47 bits per heavy atom. The van der Waals surface area contributed by atoms with Crippen molar-refractivity contribution in [3.8, 4) is 5.75 Å². The third kappa shape index (κ3) is 2.56. The Labute approximate surface area is 103 Å². The molecule has 0 atom stereocenters. The second-order valence-corrected chi connectivity index (χ2v) is 3.78. The highest BCUT2D eigenvalue weighted by molar-refractivity contribution is 7.71. The first kappa shape index (κ1) is 11.5. The SMILES string of the molecule is COc1ccc(NCc2n[nH]c(=S)n2N)cc1. The first-order chi connectivity index (χ1) is 8.20. The van der Waals surface area contributed by atoms with Gasteiger partial charge in [-0.15, -0.1) is 0 Å². The summed E-state index contributed by atoms with van der Waals surface area (Å²) in [5.74, 6) is 7.13. The van der Waals surface area contributed by atoms with Crippen LogP contribution in [0.3, 0.4) is 0 Å². The summed E-state index contributed by atoms with van der Waals surface area (Å²) in [5.41, 5.74) is 0.958. The molecule has 17 heavy (non-hydrogen) atoms. The van der Waals surface area contributed by atoms with E-state index < -0.39 is 0 Å². The summed E-state index contributed by atoms with van der Waals surface area (Å²) < 4.78 is 6.81. The van der Waals surface area contributed by atoms with Gasteiger partial charge in [-0.25, -0.2) is 4.68 Å². The highest BCUT2D eigenvalue weighted by Gasteiger charge is 2.02. The predicted octanol–water partition coefficient (Wildman–Crippen LogP) is 1.28. The number of H-pyrrole nitrogens is 1. The van der Waals surface area contributed by atoms with Crippen molar-refractivity contribution in [1.82, 2.24) is 14.9 Å². The van der Waals surface area contributed by atoms with Crippen molar-refractivity contribution in [2.24, 2.45) is 0 Å². The summed E-state index contributed by atoms with van der Waals surface area (Å²) in [6, 6.07) is 7.59. The molecular weight excluding hydrogens is 238 g/mol. The molecule has 90 valence electrons. The number of aromatic nitrogens is 3. The molecule has 0 unspecified atom stereocenters. The highest BCUT2D eigenvalue weighted by atomic mass is 32.1. The molecule has 2 rings (SSSR count). The zero-order valence-corrected chi connectivity index (χ0v) is 10.1. The highest BCUT2D eigenvalue weighted by Crippen LogP contribution is 2.15. The number of nitrogen functional groups attached to an aromatic ring is 1. The standard InChI is InChI=1S/C10H13N5OS/c1-16-8-4-2-7(3-5-8)12-6-9-13-14-10(17)15(9)11/h2-5,12H,6,11H2,1H3,(H,14,17). The number of nitrogens with one attached hydrogen (secondary N) is 2. The van der Waals surface area contributed by atoms with Crippen LogP contribution in [0.15, 0.2) is 24.3 Å². The molecule has 7 heteroatoms. The zero-order chi connectivity index (χ0) is 12.3. The van der Waals surface area contributed by atoms with Gasteiger partial charge in [0, 0.05) is 5.69 Å². The van der Waals surface area contributed by atoms with Crippen molar-refractivity contribution < 1.29 is 4.74 Å². The first-order valence-corrected chi connectivity index (χ1v) is 5.41. The lowest BCUT2D eigenvalue weighted by atomic mass is 10.3. The van der Waals surface area contributed by atoms with Crippen molar-refractivity contribution in [3.05, 3.63) is 34.9 Å². The van der Waals surface area contributed by atoms with E-state index in [9.17, 15) is 0 Å². The van der Waals surface area contributed by atoms with E-state index in [-0.39, 0.29) is 0 Å². The molecule has 0 radical (unpaired) electrons. The topological polar surface area (TPSA) is 80.9 Å². The fourth-order valence-corrected chi connectivity index (χ4v) is 1.50. The van der Waals surface area contributed by atoms with Crippen LogP contribution in [0.25, 0.3) is 0 Å². The molecule has 1 heterocycles. The maximum atomic E-state index is 5.67. The molecule has 0 spiro atoms. The average Bonchev–Trinajstić information content (AvgIpc) is 2.68. The molecule has 0 saturated carbocycles. The van der Waals surface area contributed by atoms with Gasteiger partial charge in [0.25, 0.3) is 0 Å². The summed E-state index contributed by atoms with van der Waals surface area (Å²) in [6.07, 6.45) is 0. The third-order valence-electron chi connectivity index (χ3n) is 2.32. The lowest BCUT2D eigenvalue weighted by Crippen LogP contribution is -2.15. The number of anilines is 1. The van der Waals surface area contributed by atoms with Crippen LogP contribution < -0.4 is 15.9 Å². The third-order valence-corrected chi connectivity index (χ3v) is 2.61. The minimum absolute atomic E-state index is 0.400. The summed E-state index contributed by atoms with van der Waals surface area (Å²) >= 11 is 4.91. The number of benzene rings is 1. The number of aromatic amines is 1. The Kier molecular flexibility index (Phi) is 3.29. The molecule has 0 saturated heterocycles. The Hall–Kier alpha value is -2.02. The van der Waals surface area contributed by atoms with E-state index in [0.29, 0.717) is 17.1 Å². The molecule has 6 nitrogen and oxygen atoms in total. The Morgan fingerprint density at radius 2 is 2.18 bits per heavy atom. The normalized spacial score (nSPS) is 10.2. The van der Waals surface area contributed by atoms with Crippen molar-refractivity contribution in [2.45, 2.75) is 6.54 Å². The maximum Gasteiger partial charge on any atom is 0.214 e. The fraction of sp³-hybridized carbons (Fsp3) is 0.200. The zero-order valence-electron chi connectivity index (χ0n) is 9.30. The predicted molar refractivity (Wildman–Crippen MR) is 67.9 cm³/mol. The van der Waals surface area contributed by atoms with Gasteiger partial charge in [0.05, 0.1) is 13.7 Å². The van der Waals surface area contributed by atoms with E-state index in [1.807, 2.05) is 24.3 Å². The van der Waals surface area contributed by atoms with E-state index in [2.05, 4.69) is 15.5 Å². The van der Waals surface area contributed by atoms with Gasteiger partial charge in [0.2, 0.25) is 4.77 Å². The quantitative estimate of drug-likeness (QED) is 0.563. The first-order valence-electron chi connectivity index (χ1n) is 5.00. The summed E-state index contributed by atoms with van der Waals surface area (Å²) in [6.45, 7) is 0.496. The van der Waals surface area contributed by atoms with Crippen molar-refractivity contribution in [3.63, 3.8) is 0 Å². The number of rotatable bonds is 4. The van der Waals surface area contributed by atoms with Gasteiger partial charge in [-0.1, -0.05) is 0 Å². The summed E-state index contributed by atoms with van der Waals surface area (Å²) in [4.78, 5) is 0. The van der Waals surface area contributed by atoms with Crippen molar-refractivity contribution >= 4 is 17.9 Å². The smallest absolute Gasteiger partial charge is 0.214 e. The van der Waals surface area contributed by atoms with Crippen LogP contribution in [0, 0.1) is 4.77 Å². The van der Waals surface area contributed by atoms with Crippen LogP contribution in [0.1, 0.15) is 5.82 Å². The van der Waals surface area contributed by atoms with Gasteiger partial charge in [-0.05, 0) is 36.5 Å². The molecule has 0 amide bonds. The molecule has 4 N–H and O–H groups in total. The van der Waals surface area contributed by atoms with Crippen LogP contribution in [-0.2, 0) is 6.54 Å². The van der Waals surface area contributed by atoms with Gasteiger partial charge in [-0.2, -0.15) is 5.10 Å². The maximum absolute atomic E-state index is 5.67. The second kappa shape index (κ2) is 4.88. The van der Waals surface area contributed by atoms with Crippen LogP contribution in [-0.4, -0.2) is 22.0 Å². The molecule has 0 fully saturated rings. The molecule has 1 aromatic heterocycles. The second-order valence-electron chi connectivity index (χ2n) is 3.40. The van der Waals surface area contributed by atoms with E-state index in [1.165, 1.54) is 4.68 Å². The minimum atomic E-state index is 0.400. The number of methoxy groups -OCH3 is 1. The Bertz CT molecular complexity index is 545. The fourth-order valence-electron chi connectivity index (χ4n) is 1.35. The molecular formula is C10H13N5OS. The van der Waals surface area contributed by atoms with E-state index >= 15 is 0 Å². The van der Waals surface area contributed by atoms with E-state index in [4.69, 9.17) is 22.8 Å².